The van der Waals surface area contributed by atoms with E-state index in [0.29, 0.717) is 35.8 Å². The Morgan fingerprint density at radius 2 is 1.76 bits per heavy atom. The highest BCUT2D eigenvalue weighted by Gasteiger charge is 2.32. The van der Waals surface area contributed by atoms with Gasteiger partial charge in [-0.15, -0.1) is 0 Å². The summed E-state index contributed by atoms with van der Waals surface area (Å²) >= 11 is 1.18. The molecule has 1 atom stereocenters. The van der Waals surface area contributed by atoms with Crippen LogP contribution in [0.4, 0.5) is 11.5 Å². The van der Waals surface area contributed by atoms with E-state index in [1.807, 2.05) is 31.2 Å². The van der Waals surface area contributed by atoms with Crippen molar-refractivity contribution < 1.29 is 19.0 Å². The third-order valence-electron chi connectivity index (χ3n) is 6.42. The van der Waals surface area contributed by atoms with Crippen molar-refractivity contribution in [1.29, 1.82) is 10.5 Å². The van der Waals surface area contributed by atoms with Crippen LogP contribution in [0.15, 0.2) is 41.4 Å². The number of carbonyl (C=O) groups is 1. The fourth-order valence-corrected chi connectivity index (χ4v) is 5.66. The van der Waals surface area contributed by atoms with Crippen LogP contribution in [0.3, 0.4) is 0 Å². The van der Waals surface area contributed by atoms with Crippen molar-refractivity contribution in [2.24, 2.45) is 0 Å². The number of nitrogen functional groups attached to an aromatic ring is 1. The normalized spacial score (nSPS) is 12.7. The highest BCUT2D eigenvalue weighted by Crippen LogP contribution is 2.45. The van der Waals surface area contributed by atoms with E-state index in [0.717, 1.165) is 17.7 Å². The maximum Gasteiger partial charge on any atom is 0.240 e. The number of hydrogen-bond donors (Lipinski definition) is 1. The first-order chi connectivity index (χ1) is 18.4. The number of amides is 1. The predicted molar refractivity (Wildman–Crippen MR) is 146 cm³/mol. The van der Waals surface area contributed by atoms with Crippen molar-refractivity contribution in [3.63, 3.8) is 0 Å². The Balaban J connectivity index is 1.82. The van der Waals surface area contributed by atoms with Gasteiger partial charge in [-0.05, 0) is 42.2 Å². The van der Waals surface area contributed by atoms with Crippen LogP contribution in [-0.4, -0.2) is 44.0 Å². The molecule has 10 heteroatoms. The quantitative estimate of drug-likeness (QED) is 0.417. The SMILES string of the molecule is CCC(Sc1nc(N)c(C#N)c(-c2cc(OC)c(OC)c(OC)c2)c1C#N)C(=O)N1CCc2ccccc21. The number of ether oxygens (including phenoxy) is 3. The average molecular weight is 530 g/mol. The summed E-state index contributed by atoms with van der Waals surface area (Å²) in [5.74, 6) is 0.981. The van der Waals surface area contributed by atoms with Gasteiger partial charge in [0, 0.05) is 17.8 Å². The number of anilines is 2. The third-order valence-corrected chi connectivity index (χ3v) is 7.76. The lowest BCUT2D eigenvalue weighted by atomic mass is 9.96. The second kappa shape index (κ2) is 11.3. The van der Waals surface area contributed by atoms with E-state index < -0.39 is 5.25 Å². The van der Waals surface area contributed by atoms with Gasteiger partial charge in [-0.2, -0.15) is 10.5 Å². The van der Waals surface area contributed by atoms with Gasteiger partial charge in [-0.1, -0.05) is 36.9 Å². The molecule has 1 amide bonds. The molecule has 9 nitrogen and oxygen atoms in total. The Bertz CT molecular complexity index is 1450. The van der Waals surface area contributed by atoms with Crippen molar-refractivity contribution in [3.05, 3.63) is 53.1 Å². The lowest BCUT2D eigenvalue weighted by molar-refractivity contribution is -0.118. The number of thioether (sulfide) groups is 1. The first-order valence-electron chi connectivity index (χ1n) is 11.9. The van der Waals surface area contributed by atoms with Crippen LogP contribution < -0.4 is 24.8 Å². The number of carbonyl (C=O) groups excluding carboxylic acids is 1. The average Bonchev–Trinajstić information content (AvgIpc) is 3.38. The van der Waals surface area contributed by atoms with E-state index in [1.165, 1.54) is 33.1 Å². The Hall–Kier alpha value is -4.41. The van der Waals surface area contributed by atoms with Gasteiger partial charge in [0.25, 0.3) is 0 Å². The molecule has 38 heavy (non-hydrogen) atoms. The molecule has 0 fully saturated rings. The van der Waals surface area contributed by atoms with Crippen LogP contribution in [-0.2, 0) is 11.2 Å². The maximum absolute atomic E-state index is 13.6. The Kier molecular flexibility index (Phi) is 7.94. The summed E-state index contributed by atoms with van der Waals surface area (Å²) in [6.07, 6.45) is 1.30. The van der Waals surface area contributed by atoms with Gasteiger partial charge in [0.05, 0.1) is 32.1 Å². The maximum atomic E-state index is 13.6. The largest absolute Gasteiger partial charge is 0.493 e. The molecule has 3 aromatic rings. The number of benzene rings is 2. The van der Waals surface area contributed by atoms with E-state index in [9.17, 15) is 15.3 Å². The minimum absolute atomic E-state index is 0.0356. The number of aromatic nitrogens is 1. The molecular weight excluding hydrogens is 502 g/mol. The van der Waals surface area contributed by atoms with Gasteiger partial charge in [0.2, 0.25) is 11.7 Å². The van der Waals surface area contributed by atoms with Crippen LogP contribution in [0.25, 0.3) is 11.1 Å². The van der Waals surface area contributed by atoms with Gasteiger partial charge in [0.1, 0.15) is 28.5 Å². The van der Waals surface area contributed by atoms with E-state index in [2.05, 4.69) is 17.1 Å². The van der Waals surface area contributed by atoms with Gasteiger partial charge in [-0.3, -0.25) is 4.79 Å². The standard InChI is InChI=1S/C28H27N5O4S/c1-5-23(28(34)33-11-10-16-8-6-7-9-20(16)33)38-27-19(15-30)24(18(14-29)26(31)32-27)17-12-21(35-2)25(37-4)22(13-17)36-3/h6-9,12-13,23H,5,10-11H2,1-4H3,(H2,31,32). The minimum Gasteiger partial charge on any atom is -0.493 e. The molecule has 2 aromatic carbocycles. The fourth-order valence-electron chi connectivity index (χ4n) is 4.58. The number of fused-ring (bicyclic) bond motifs is 1. The van der Waals surface area contributed by atoms with Crippen LogP contribution in [0.2, 0.25) is 0 Å². The molecule has 1 aliphatic rings. The first kappa shape index (κ1) is 26.6. The molecule has 194 valence electrons. The van der Waals surface area contributed by atoms with Crippen LogP contribution in [0, 0.1) is 22.7 Å². The fraction of sp³-hybridized carbons (Fsp3) is 0.286. The van der Waals surface area contributed by atoms with Crippen molar-refractivity contribution in [1.82, 2.24) is 4.98 Å². The zero-order valence-corrected chi connectivity index (χ0v) is 22.4. The third kappa shape index (κ3) is 4.67. The second-order valence-electron chi connectivity index (χ2n) is 8.45. The summed E-state index contributed by atoms with van der Waals surface area (Å²) in [6, 6.07) is 15.4. The van der Waals surface area contributed by atoms with Crippen molar-refractivity contribution in [2.75, 3.05) is 38.5 Å². The van der Waals surface area contributed by atoms with Crippen LogP contribution in [0.1, 0.15) is 30.0 Å². The number of hydrogen-bond acceptors (Lipinski definition) is 9. The number of para-hydroxylation sites is 1. The Labute approximate surface area is 225 Å². The lowest BCUT2D eigenvalue weighted by Crippen LogP contribution is -2.36. The first-order valence-corrected chi connectivity index (χ1v) is 12.8. The minimum atomic E-state index is -0.513. The van der Waals surface area contributed by atoms with Gasteiger partial charge in [0.15, 0.2) is 11.5 Å². The highest BCUT2D eigenvalue weighted by molar-refractivity contribution is 8.00. The summed E-state index contributed by atoms with van der Waals surface area (Å²) in [7, 11) is 4.45. The summed E-state index contributed by atoms with van der Waals surface area (Å²) in [5, 5.41) is 20.0. The lowest BCUT2D eigenvalue weighted by Gasteiger charge is -2.23. The van der Waals surface area contributed by atoms with Crippen molar-refractivity contribution in [2.45, 2.75) is 30.0 Å². The molecule has 2 heterocycles. The zero-order chi connectivity index (χ0) is 27.4. The van der Waals surface area contributed by atoms with Gasteiger partial charge < -0.3 is 24.8 Å². The number of nitrogens with zero attached hydrogens (tertiary/aromatic N) is 4. The summed E-state index contributed by atoms with van der Waals surface area (Å²) in [5.41, 5.74) is 9.21. The molecule has 0 radical (unpaired) electrons. The zero-order valence-electron chi connectivity index (χ0n) is 21.6. The van der Waals surface area contributed by atoms with E-state index in [1.54, 1.807) is 17.0 Å². The summed E-state index contributed by atoms with van der Waals surface area (Å²) in [4.78, 5) is 19.8. The molecule has 1 unspecified atom stereocenters. The predicted octanol–water partition coefficient (Wildman–Crippen LogP) is 4.56. The second-order valence-corrected chi connectivity index (χ2v) is 9.64. The molecule has 0 bridgehead atoms. The molecule has 0 aliphatic carbocycles. The number of nitrogens with two attached hydrogens (primary N) is 1. The monoisotopic (exact) mass is 529 g/mol. The van der Waals surface area contributed by atoms with E-state index in [4.69, 9.17) is 19.9 Å². The smallest absolute Gasteiger partial charge is 0.240 e. The van der Waals surface area contributed by atoms with E-state index >= 15 is 0 Å². The topological polar surface area (TPSA) is 134 Å². The summed E-state index contributed by atoms with van der Waals surface area (Å²) < 4.78 is 16.4. The summed E-state index contributed by atoms with van der Waals surface area (Å²) in [6.45, 7) is 2.51. The van der Waals surface area contributed by atoms with Crippen molar-refractivity contribution in [3.8, 4) is 40.5 Å². The van der Waals surface area contributed by atoms with Crippen molar-refractivity contribution >= 4 is 29.2 Å². The van der Waals surface area contributed by atoms with Gasteiger partial charge >= 0.3 is 0 Å². The Morgan fingerprint density at radius 1 is 1.11 bits per heavy atom. The highest BCUT2D eigenvalue weighted by atomic mass is 32.2. The number of pyridine rings is 1. The molecule has 4 rings (SSSR count). The number of rotatable bonds is 8. The van der Waals surface area contributed by atoms with Gasteiger partial charge in [-0.25, -0.2) is 4.98 Å². The van der Waals surface area contributed by atoms with Crippen LogP contribution >= 0.6 is 11.8 Å². The Morgan fingerprint density at radius 3 is 2.34 bits per heavy atom. The molecule has 0 saturated carbocycles. The molecule has 0 spiro atoms. The molecule has 0 saturated heterocycles. The molecular formula is C28H27N5O4S. The molecule has 1 aliphatic heterocycles. The van der Waals surface area contributed by atoms with Crippen LogP contribution in [0.5, 0.6) is 17.2 Å². The van der Waals surface area contributed by atoms with E-state index in [-0.39, 0.29) is 33.4 Å². The molecule has 2 N–H and O–H groups in total. The molecule has 1 aromatic heterocycles. The number of nitriles is 2. The number of methoxy groups -OCH3 is 3.